The monoisotopic (exact) mass is 323 g/mol. The third kappa shape index (κ3) is 1.98. The molecule has 3 aromatic rings. The lowest BCUT2D eigenvalue weighted by Gasteiger charge is -2.23. The average molecular weight is 323 g/mol. The van der Waals surface area contributed by atoms with Crippen LogP contribution in [0.2, 0.25) is 0 Å². The Labute approximate surface area is 137 Å². The molecule has 1 aromatic heterocycles. The summed E-state index contributed by atoms with van der Waals surface area (Å²) in [6.07, 6.45) is 0. The SMILES string of the molecule is CCN1C(=O)c2oc3ccccc3c(=O)c2[C@H]1c1cccc(F)c1. The van der Waals surface area contributed by atoms with Gasteiger partial charge in [0, 0.05) is 6.54 Å². The molecular formula is C19H14FNO3. The molecule has 1 atom stereocenters. The number of rotatable bonds is 2. The second-order valence-corrected chi connectivity index (χ2v) is 5.72. The molecule has 0 unspecified atom stereocenters. The van der Waals surface area contributed by atoms with Crippen LogP contribution >= 0.6 is 0 Å². The van der Waals surface area contributed by atoms with Gasteiger partial charge in [0.1, 0.15) is 11.4 Å². The van der Waals surface area contributed by atoms with Gasteiger partial charge in [0.05, 0.1) is 17.0 Å². The number of halogens is 1. The first-order chi connectivity index (χ1) is 11.6. The zero-order chi connectivity index (χ0) is 16.8. The van der Waals surface area contributed by atoms with Crippen molar-refractivity contribution in [1.29, 1.82) is 0 Å². The van der Waals surface area contributed by atoms with Crippen LogP contribution in [0, 0.1) is 5.82 Å². The van der Waals surface area contributed by atoms with Crippen LogP contribution < -0.4 is 5.43 Å². The van der Waals surface area contributed by atoms with Crippen molar-refractivity contribution in [2.24, 2.45) is 0 Å². The van der Waals surface area contributed by atoms with E-state index < -0.39 is 11.9 Å². The second kappa shape index (κ2) is 5.30. The van der Waals surface area contributed by atoms with Crippen molar-refractivity contribution in [2.75, 3.05) is 6.54 Å². The Morgan fingerprint density at radius 3 is 2.67 bits per heavy atom. The summed E-state index contributed by atoms with van der Waals surface area (Å²) >= 11 is 0. The zero-order valence-corrected chi connectivity index (χ0v) is 13.0. The van der Waals surface area contributed by atoms with Crippen molar-refractivity contribution in [3.8, 4) is 0 Å². The molecule has 0 N–H and O–H groups in total. The van der Waals surface area contributed by atoms with E-state index in [1.165, 1.54) is 17.0 Å². The lowest BCUT2D eigenvalue weighted by Crippen LogP contribution is -2.29. The van der Waals surface area contributed by atoms with Crippen LogP contribution in [0.25, 0.3) is 11.0 Å². The molecule has 0 bridgehead atoms. The summed E-state index contributed by atoms with van der Waals surface area (Å²) in [6.45, 7) is 2.21. The molecule has 2 aromatic carbocycles. The topological polar surface area (TPSA) is 50.5 Å². The van der Waals surface area contributed by atoms with Gasteiger partial charge in [0.15, 0.2) is 5.43 Å². The lowest BCUT2D eigenvalue weighted by atomic mass is 9.98. The molecule has 1 amide bonds. The highest BCUT2D eigenvalue weighted by Crippen LogP contribution is 2.37. The molecule has 4 rings (SSSR count). The van der Waals surface area contributed by atoms with Crippen LogP contribution in [0.3, 0.4) is 0 Å². The summed E-state index contributed by atoms with van der Waals surface area (Å²) in [5, 5.41) is 0.420. The van der Waals surface area contributed by atoms with Gasteiger partial charge < -0.3 is 9.32 Å². The number of nitrogens with zero attached hydrogens (tertiary/aromatic N) is 1. The fourth-order valence-corrected chi connectivity index (χ4v) is 3.32. The fraction of sp³-hybridized carbons (Fsp3) is 0.158. The number of carbonyl (C=O) groups excluding carboxylic acids is 1. The van der Waals surface area contributed by atoms with E-state index in [0.717, 1.165) is 0 Å². The number of benzene rings is 2. The third-order valence-corrected chi connectivity index (χ3v) is 4.38. The van der Waals surface area contributed by atoms with E-state index in [2.05, 4.69) is 0 Å². The van der Waals surface area contributed by atoms with E-state index in [1.54, 1.807) is 36.4 Å². The van der Waals surface area contributed by atoms with Crippen LogP contribution in [-0.2, 0) is 0 Å². The quantitative estimate of drug-likeness (QED) is 0.725. The van der Waals surface area contributed by atoms with E-state index in [-0.39, 0.29) is 22.7 Å². The Bertz CT molecular complexity index is 1020. The molecule has 0 radical (unpaired) electrons. The fourth-order valence-electron chi connectivity index (χ4n) is 3.32. The number of hydrogen-bond acceptors (Lipinski definition) is 3. The Balaban J connectivity index is 2.05. The summed E-state index contributed by atoms with van der Waals surface area (Å²) in [7, 11) is 0. The van der Waals surface area contributed by atoms with Gasteiger partial charge in [-0.25, -0.2) is 4.39 Å². The van der Waals surface area contributed by atoms with Crippen LogP contribution in [0.4, 0.5) is 4.39 Å². The number of fused-ring (bicyclic) bond motifs is 2. The molecule has 24 heavy (non-hydrogen) atoms. The number of para-hydroxylation sites is 1. The summed E-state index contributed by atoms with van der Waals surface area (Å²) in [6, 6.07) is 12.2. The summed E-state index contributed by atoms with van der Waals surface area (Å²) < 4.78 is 19.4. The molecule has 4 nitrogen and oxygen atoms in total. The molecule has 1 aliphatic rings. The molecular weight excluding hydrogens is 309 g/mol. The van der Waals surface area contributed by atoms with E-state index in [9.17, 15) is 14.0 Å². The standard InChI is InChI=1S/C19H14FNO3/c1-2-21-16(11-6-5-7-12(20)10-11)15-17(22)13-8-3-4-9-14(13)24-18(15)19(21)23/h3-10,16H,2H2,1H3/t16-/m1/s1. The van der Waals surface area contributed by atoms with E-state index >= 15 is 0 Å². The lowest BCUT2D eigenvalue weighted by molar-refractivity contribution is 0.0737. The molecule has 0 spiro atoms. The number of carbonyl (C=O) groups is 1. The van der Waals surface area contributed by atoms with E-state index in [0.29, 0.717) is 23.1 Å². The normalized spacial score (nSPS) is 16.7. The highest BCUT2D eigenvalue weighted by atomic mass is 19.1. The predicted molar refractivity (Wildman–Crippen MR) is 87.4 cm³/mol. The van der Waals surface area contributed by atoms with Crippen molar-refractivity contribution in [3.05, 3.63) is 81.5 Å². The molecule has 120 valence electrons. The Morgan fingerprint density at radius 1 is 1.12 bits per heavy atom. The summed E-state index contributed by atoms with van der Waals surface area (Å²) in [4.78, 5) is 27.2. The van der Waals surface area contributed by atoms with Gasteiger partial charge >= 0.3 is 0 Å². The first kappa shape index (κ1) is 14.6. The largest absolute Gasteiger partial charge is 0.450 e. The first-order valence-corrected chi connectivity index (χ1v) is 7.74. The van der Waals surface area contributed by atoms with Gasteiger partial charge in [-0.1, -0.05) is 24.3 Å². The van der Waals surface area contributed by atoms with Gasteiger partial charge in [0.25, 0.3) is 5.91 Å². The minimum atomic E-state index is -0.631. The highest BCUT2D eigenvalue weighted by molar-refractivity contribution is 5.99. The Kier molecular flexibility index (Phi) is 3.23. The number of amides is 1. The van der Waals surface area contributed by atoms with Gasteiger partial charge in [-0.2, -0.15) is 0 Å². The van der Waals surface area contributed by atoms with Gasteiger partial charge in [-0.15, -0.1) is 0 Å². The summed E-state index contributed by atoms with van der Waals surface area (Å²) in [5.41, 5.74) is 0.980. The maximum atomic E-state index is 13.7. The molecule has 0 aliphatic carbocycles. The second-order valence-electron chi connectivity index (χ2n) is 5.72. The molecule has 0 saturated heterocycles. The maximum absolute atomic E-state index is 13.7. The summed E-state index contributed by atoms with van der Waals surface area (Å²) in [5.74, 6) is -0.700. The third-order valence-electron chi connectivity index (χ3n) is 4.38. The molecule has 0 saturated carbocycles. The van der Waals surface area contributed by atoms with Crippen LogP contribution in [0.1, 0.15) is 34.6 Å². The van der Waals surface area contributed by atoms with Crippen LogP contribution in [-0.4, -0.2) is 17.4 Å². The average Bonchev–Trinajstić information content (AvgIpc) is 2.88. The maximum Gasteiger partial charge on any atom is 0.290 e. The van der Waals surface area contributed by atoms with Crippen LogP contribution in [0.15, 0.2) is 57.7 Å². The van der Waals surface area contributed by atoms with E-state index in [4.69, 9.17) is 4.42 Å². The Hall–Kier alpha value is -2.95. The van der Waals surface area contributed by atoms with Crippen molar-refractivity contribution >= 4 is 16.9 Å². The zero-order valence-electron chi connectivity index (χ0n) is 13.0. The van der Waals surface area contributed by atoms with Gasteiger partial charge in [-0.3, -0.25) is 9.59 Å². The molecule has 1 aliphatic heterocycles. The van der Waals surface area contributed by atoms with E-state index in [1.807, 2.05) is 6.92 Å². The van der Waals surface area contributed by atoms with Gasteiger partial charge in [0.2, 0.25) is 5.76 Å². The minimum Gasteiger partial charge on any atom is -0.450 e. The van der Waals surface area contributed by atoms with Crippen molar-refractivity contribution < 1.29 is 13.6 Å². The van der Waals surface area contributed by atoms with Crippen LogP contribution in [0.5, 0.6) is 0 Å². The van der Waals surface area contributed by atoms with Crippen molar-refractivity contribution in [2.45, 2.75) is 13.0 Å². The molecule has 5 heteroatoms. The first-order valence-electron chi connectivity index (χ1n) is 7.74. The molecule has 0 fully saturated rings. The minimum absolute atomic E-state index is 0.0508. The predicted octanol–water partition coefficient (Wildman–Crippen LogP) is 3.50. The van der Waals surface area contributed by atoms with Crippen molar-refractivity contribution in [1.82, 2.24) is 4.90 Å². The van der Waals surface area contributed by atoms with Gasteiger partial charge in [-0.05, 0) is 36.8 Å². The number of hydrogen-bond donors (Lipinski definition) is 0. The Morgan fingerprint density at radius 2 is 1.92 bits per heavy atom. The molecule has 2 heterocycles. The highest BCUT2D eigenvalue weighted by Gasteiger charge is 2.41. The smallest absolute Gasteiger partial charge is 0.290 e. The van der Waals surface area contributed by atoms with Crippen molar-refractivity contribution in [3.63, 3.8) is 0 Å².